The minimum atomic E-state index is -0.760. The lowest BCUT2D eigenvalue weighted by molar-refractivity contribution is -0.149. The number of hydrogen-bond donors (Lipinski definition) is 1. The zero-order valence-electron chi connectivity index (χ0n) is 10.8. The summed E-state index contributed by atoms with van der Waals surface area (Å²) in [6.07, 6.45) is 2.41. The first-order valence-corrected chi connectivity index (χ1v) is 6.08. The third-order valence-electron chi connectivity index (χ3n) is 3.60. The average Bonchev–Trinajstić information content (AvgIpc) is 2.61. The van der Waals surface area contributed by atoms with Crippen molar-refractivity contribution in [1.29, 1.82) is 0 Å². The molecule has 2 unspecified atom stereocenters. The Labute approximate surface area is 98.1 Å². The van der Waals surface area contributed by atoms with Crippen LogP contribution in [0, 0.1) is 0 Å². The Hall–Kier alpha value is -0.610. The summed E-state index contributed by atoms with van der Waals surface area (Å²) in [6.45, 7) is 6.53. The zero-order valence-corrected chi connectivity index (χ0v) is 10.8. The number of carbonyl (C=O) groups excluding carboxylic acids is 1. The molecule has 0 saturated heterocycles. The molecule has 0 spiro atoms. The molecular weight excluding hydrogens is 204 g/mol. The Balaban J connectivity index is 2.59. The SMILES string of the molecule is CCOC(=O)C1(N)CCC(N(C)C(C)C)C1. The maximum Gasteiger partial charge on any atom is 0.326 e. The molecule has 16 heavy (non-hydrogen) atoms. The summed E-state index contributed by atoms with van der Waals surface area (Å²) in [4.78, 5) is 14.0. The lowest BCUT2D eigenvalue weighted by Gasteiger charge is -2.29. The molecule has 0 aliphatic heterocycles. The maximum absolute atomic E-state index is 11.7. The van der Waals surface area contributed by atoms with E-state index in [1.807, 2.05) is 6.92 Å². The Bertz CT molecular complexity index is 255. The number of nitrogens with two attached hydrogens (primary N) is 1. The Morgan fingerprint density at radius 3 is 2.75 bits per heavy atom. The first-order valence-electron chi connectivity index (χ1n) is 6.08. The summed E-state index contributed by atoms with van der Waals surface area (Å²) < 4.78 is 5.03. The van der Waals surface area contributed by atoms with Crippen molar-refractivity contribution in [3.8, 4) is 0 Å². The van der Waals surface area contributed by atoms with Gasteiger partial charge < -0.3 is 15.4 Å². The van der Waals surface area contributed by atoms with E-state index in [1.165, 1.54) is 0 Å². The topological polar surface area (TPSA) is 55.6 Å². The van der Waals surface area contributed by atoms with Crippen LogP contribution < -0.4 is 5.73 Å². The van der Waals surface area contributed by atoms with Gasteiger partial charge in [-0.15, -0.1) is 0 Å². The number of ether oxygens (including phenoxy) is 1. The summed E-state index contributed by atoms with van der Waals surface area (Å²) in [5, 5.41) is 0. The number of nitrogens with zero attached hydrogens (tertiary/aromatic N) is 1. The lowest BCUT2D eigenvalue weighted by Crippen LogP contribution is -2.48. The van der Waals surface area contributed by atoms with Gasteiger partial charge in [0.1, 0.15) is 5.54 Å². The van der Waals surface area contributed by atoms with E-state index >= 15 is 0 Å². The Morgan fingerprint density at radius 1 is 1.62 bits per heavy atom. The normalized spacial score (nSPS) is 30.1. The van der Waals surface area contributed by atoms with Crippen LogP contribution >= 0.6 is 0 Å². The van der Waals surface area contributed by atoms with Gasteiger partial charge in [0.25, 0.3) is 0 Å². The van der Waals surface area contributed by atoms with Crippen LogP contribution in [0.2, 0.25) is 0 Å². The summed E-state index contributed by atoms with van der Waals surface area (Å²) in [7, 11) is 2.09. The molecule has 4 nitrogen and oxygen atoms in total. The maximum atomic E-state index is 11.7. The highest BCUT2D eigenvalue weighted by atomic mass is 16.5. The average molecular weight is 228 g/mol. The number of esters is 1. The molecule has 0 aromatic rings. The van der Waals surface area contributed by atoms with Gasteiger partial charge in [-0.3, -0.25) is 4.79 Å². The van der Waals surface area contributed by atoms with Gasteiger partial charge in [0.15, 0.2) is 0 Å². The van der Waals surface area contributed by atoms with E-state index in [0.717, 1.165) is 12.8 Å². The second kappa shape index (κ2) is 5.15. The van der Waals surface area contributed by atoms with E-state index in [4.69, 9.17) is 10.5 Å². The van der Waals surface area contributed by atoms with E-state index in [9.17, 15) is 4.79 Å². The van der Waals surface area contributed by atoms with Crippen molar-refractivity contribution in [2.45, 2.75) is 57.7 Å². The van der Waals surface area contributed by atoms with E-state index in [0.29, 0.717) is 25.1 Å². The molecule has 0 aromatic heterocycles. The second-order valence-electron chi connectivity index (χ2n) is 5.03. The van der Waals surface area contributed by atoms with Crippen LogP contribution in [0.25, 0.3) is 0 Å². The lowest BCUT2D eigenvalue weighted by atomic mass is 9.99. The fourth-order valence-corrected chi connectivity index (χ4v) is 2.28. The highest BCUT2D eigenvalue weighted by molar-refractivity contribution is 5.81. The molecule has 2 N–H and O–H groups in total. The molecular formula is C12H24N2O2. The van der Waals surface area contributed by atoms with Crippen molar-refractivity contribution in [3.63, 3.8) is 0 Å². The van der Waals surface area contributed by atoms with Crippen LogP contribution in [0.5, 0.6) is 0 Å². The number of carbonyl (C=O) groups is 1. The van der Waals surface area contributed by atoms with Gasteiger partial charge in [0.2, 0.25) is 0 Å². The molecule has 2 atom stereocenters. The van der Waals surface area contributed by atoms with E-state index in [1.54, 1.807) is 0 Å². The van der Waals surface area contributed by atoms with Gasteiger partial charge in [-0.25, -0.2) is 0 Å². The molecule has 1 fully saturated rings. The monoisotopic (exact) mass is 228 g/mol. The fourth-order valence-electron chi connectivity index (χ4n) is 2.28. The molecule has 4 heteroatoms. The predicted octanol–water partition coefficient (Wildman–Crippen LogP) is 1.14. The minimum Gasteiger partial charge on any atom is -0.465 e. The van der Waals surface area contributed by atoms with Crippen LogP contribution in [0.4, 0.5) is 0 Å². The van der Waals surface area contributed by atoms with Crippen molar-refractivity contribution in [3.05, 3.63) is 0 Å². The van der Waals surface area contributed by atoms with Crippen molar-refractivity contribution in [1.82, 2.24) is 4.90 Å². The molecule has 1 aliphatic rings. The molecule has 0 bridgehead atoms. The Morgan fingerprint density at radius 2 is 2.25 bits per heavy atom. The van der Waals surface area contributed by atoms with E-state index in [-0.39, 0.29) is 5.97 Å². The summed E-state index contributed by atoms with van der Waals surface area (Å²) in [5.74, 6) is -0.241. The highest BCUT2D eigenvalue weighted by Crippen LogP contribution is 2.32. The number of rotatable bonds is 4. The summed E-state index contributed by atoms with van der Waals surface area (Å²) in [5.41, 5.74) is 5.36. The van der Waals surface area contributed by atoms with E-state index < -0.39 is 5.54 Å². The molecule has 0 aromatic carbocycles. The third kappa shape index (κ3) is 2.74. The van der Waals surface area contributed by atoms with Crippen molar-refractivity contribution < 1.29 is 9.53 Å². The van der Waals surface area contributed by atoms with Gasteiger partial charge in [-0.1, -0.05) is 0 Å². The van der Waals surface area contributed by atoms with Crippen molar-refractivity contribution in [2.24, 2.45) is 5.73 Å². The van der Waals surface area contributed by atoms with Crippen molar-refractivity contribution in [2.75, 3.05) is 13.7 Å². The molecule has 94 valence electrons. The Kier molecular flexibility index (Phi) is 4.33. The smallest absolute Gasteiger partial charge is 0.326 e. The van der Waals surface area contributed by atoms with Gasteiger partial charge in [0.05, 0.1) is 6.61 Å². The molecule has 0 radical (unpaired) electrons. The third-order valence-corrected chi connectivity index (χ3v) is 3.60. The summed E-state index contributed by atoms with van der Waals surface area (Å²) >= 11 is 0. The first kappa shape index (κ1) is 13.5. The van der Waals surface area contributed by atoms with Crippen LogP contribution in [0.3, 0.4) is 0 Å². The zero-order chi connectivity index (χ0) is 12.3. The molecule has 1 saturated carbocycles. The largest absolute Gasteiger partial charge is 0.465 e. The molecule has 0 amide bonds. The number of hydrogen-bond acceptors (Lipinski definition) is 4. The van der Waals surface area contributed by atoms with Crippen LogP contribution in [-0.2, 0) is 9.53 Å². The van der Waals surface area contributed by atoms with Crippen molar-refractivity contribution >= 4 is 5.97 Å². The molecule has 0 heterocycles. The summed E-state index contributed by atoms with van der Waals surface area (Å²) in [6, 6.07) is 0.879. The van der Waals surface area contributed by atoms with Crippen LogP contribution in [-0.4, -0.2) is 42.1 Å². The minimum absolute atomic E-state index is 0.241. The second-order valence-corrected chi connectivity index (χ2v) is 5.03. The van der Waals surface area contributed by atoms with Crippen LogP contribution in [0.1, 0.15) is 40.0 Å². The first-order chi connectivity index (χ1) is 7.40. The molecule has 1 rings (SSSR count). The van der Waals surface area contributed by atoms with Gasteiger partial charge in [0, 0.05) is 12.1 Å². The molecule has 1 aliphatic carbocycles. The van der Waals surface area contributed by atoms with Gasteiger partial charge in [-0.05, 0) is 47.1 Å². The predicted molar refractivity (Wildman–Crippen MR) is 64.1 cm³/mol. The van der Waals surface area contributed by atoms with Gasteiger partial charge >= 0.3 is 5.97 Å². The standard InChI is InChI=1S/C12H24N2O2/c1-5-16-11(15)12(13)7-6-10(8-12)14(4)9(2)3/h9-10H,5-8,13H2,1-4H3. The fraction of sp³-hybridized carbons (Fsp3) is 0.917. The van der Waals surface area contributed by atoms with E-state index in [2.05, 4.69) is 25.8 Å². The van der Waals surface area contributed by atoms with Crippen LogP contribution in [0.15, 0.2) is 0 Å². The highest BCUT2D eigenvalue weighted by Gasteiger charge is 2.44. The van der Waals surface area contributed by atoms with Gasteiger partial charge in [-0.2, -0.15) is 0 Å². The quantitative estimate of drug-likeness (QED) is 0.733.